The van der Waals surface area contributed by atoms with Gasteiger partial charge in [0.1, 0.15) is 6.04 Å². The first-order valence-electron chi connectivity index (χ1n) is 5.34. The summed E-state index contributed by atoms with van der Waals surface area (Å²) in [4.78, 5) is 22.1. The van der Waals surface area contributed by atoms with Crippen molar-refractivity contribution in [2.24, 2.45) is 0 Å². The predicted molar refractivity (Wildman–Crippen MR) is 67.9 cm³/mol. The van der Waals surface area contributed by atoms with Gasteiger partial charge in [0.05, 0.1) is 6.61 Å². The van der Waals surface area contributed by atoms with Gasteiger partial charge in [-0.15, -0.1) is 0 Å². The van der Waals surface area contributed by atoms with Crippen LogP contribution in [-0.2, 0) is 14.3 Å². The minimum Gasteiger partial charge on any atom is -0.480 e. The van der Waals surface area contributed by atoms with E-state index in [0.29, 0.717) is 18.7 Å². The van der Waals surface area contributed by atoms with Crippen LogP contribution in [0.15, 0.2) is 11.8 Å². The highest BCUT2D eigenvalue weighted by Gasteiger charge is 2.16. The lowest BCUT2D eigenvalue weighted by Crippen LogP contribution is -2.36. The Morgan fingerprint density at radius 2 is 2.18 bits per heavy atom. The van der Waals surface area contributed by atoms with Gasteiger partial charge in [-0.3, -0.25) is 0 Å². The first-order chi connectivity index (χ1) is 8.01. The number of carboxylic acid groups (broad SMARTS) is 1. The van der Waals surface area contributed by atoms with Crippen LogP contribution in [0.5, 0.6) is 0 Å². The van der Waals surface area contributed by atoms with Crippen molar-refractivity contribution in [1.29, 1.82) is 0 Å². The zero-order valence-corrected chi connectivity index (χ0v) is 11.2. The van der Waals surface area contributed by atoms with Gasteiger partial charge >= 0.3 is 11.9 Å². The van der Waals surface area contributed by atoms with E-state index in [1.165, 1.54) is 6.08 Å². The van der Waals surface area contributed by atoms with Crippen LogP contribution in [0.1, 0.15) is 20.3 Å². The predicted octanol–water partition coefficient (Wildman–Crippen LogP) is 1.25. The molecule has 0 unspecified atom stereocenters. The van der Waals surface area contributed by atoms with E-state index in [4.69, 9.17) is 9.84 Å². The molecule has 5 nitrogen and oxygen atoms in total. The van der Waals surface area contributed by atoms with Crippen LogP contribution in [0.2, 0.25) is 0 Å². The highest BCUT2D eigenvalue weighted by atomic mass is 32.2. The second-order valence-corrected chi connectivity index (χ2v) is 4.38. The van der Waals surface area contributed by atoms with E-state index in [-0.39, 0.29) is 0 Å². The fourth-order valence-corrected chi connectivity index (χ4v) is 1.64. The summed E-state index contributed by atoms with van der Waals surface area (Å²) in [5, 5.41) is 11.8. The van der Waals surface area contributed by atoms with Crippen molar-refractivity contribution in [2.45, 2.75) is 26.3 Å². The minimum atomic E-state index is -0.921. The Bertz CT molecular complexity index is 291. The number of nitrogens with one attached hydrogen (secondary N) is 1. The number of rotatable bonds is 8. The largest absolute Gasteiger partial charge is 0.480 e. The fourth-order valence-electron chi connectivity index (χ4n) is 1.17. The van der Waals surface area contributed by atoms with Crippen molar-refractivity contribution >= 4 is 23.7 Å². The summed E-state index contributed by atoms with van der Waals surface area (Å²) in [7, 11) is 0. The molecule has 0 aromatic rings. The van der Waals surface area contributed by atoms with E-state index in [1.54, 1.807) is 25.6 Å². The van der Waals surface area contributed by atoms with Crippen molar-refractivity contribution in [1.82, 2.24) is 5.32 Å². The third kappa shape index (κ3) is 7.68. The summed E-state index contributed by atoms with van der Waals surface area (Å²) in [6.07, 6.45) is 3.68. The van der Waals surface area contributed by atoms with Gasteiger partial charge in [-0.2, -0.15) is 11.8 Å². The molecule has 0 rings (SSSR count). The van der Waals surface area contributed by atoms with Crippen molar-refractivity contribution < 1.29 is 19.4 Å². The van der Waals surface area contributed by atoms with Gasteiger partial charge in [-0.05, 0) is 32.3 Å². The third-order valence-corrected chi connectivity index (χ3v) is 2.58. The van der Waals surface area contributed by atoms with E-state index in [1.807, 2.05) is 6.26 Å². The minimum absolute atomic E-state index is 0.303. The Balaban J connectivity index is 4.33. The standard InChI is InChI=1S/C11H19NO4S/c1-4-16-10(13)7-8(2)12-9(11(14)15)5-6-17-3/h7,9,12H,4-6H2,1-3H3,(H,14,15)/b8-7+/t9-/m0/s1. The molecule has 0 aliphatic rings. The number of esters is 1. The summed E-state index contributed by atoms with van der Waals surface area (Å²) >= 11 is 1.58. The number of hydrogen-bond donors (Lipinski definition) is 2. The number of ether oxygens (including phenoxy) is 1. The Morgan fingerprint density at radius 3 is 2.65 bits per heavy atom. The molecule has 0 aliphatic heterocycles. The summed E-state index contributed by atoms with van der Waals surface area (Å²) in [6.45, 7) is 3.66. The first kappa shape index (κ1) is 15.8. The van der Waals surface area contributed by atoms with Gasteiger partial charge in [-0.1, -0.05) is 0 Å². The summed E-state index contributed by atoms with van der Waals surface area (Å²) < 4.78 is 4.73. The molecule has 0 saturated carbocycles. The maximum absolute atomic E-state index is 11.1. The van der Waals surface area contributed by atoms with Gasteiger partial charge in [0.15, 0.2) is 0 Å². The fraction of sp³-hybridized carbons (Fsp3) is 0.636. The maximum Gasteiger partial charge on any atom is 0.332 e. The molecule has 0 fully saturated rings. The normalized spacial score (nSPS) is 13.0. The van der Waals surface area contributed by atoms with Gasteiger partial charge < -0.3 is 15.2 Å². The lowest BCUT2D eigenvalue weighted by molar-refractivity contribution is -0.140. The maximum atomic E-state index is 11.1. The summed E-state index contributed by atoms with van der Waals surface area (Å²) in [5.41, 5.74) is 0.497. The van der Waals surface area contributed by atoms with Crippen LogP contribution in [0.4, 0.5) is 0 Å². The molecule has 0 aliphatic carbocycles. The topological polar surface area (TPSA) is 75.6 Å². The molecule has 0 spiro atoms. The van der Waals surface area contributed by atoms with Crippen LogP contribution in [0.25, 0.3) is 0 Å². The van der Waals surface area contributed by atoms with Crippen LogP contribution in [0, 0.1) is 0 Å². The number of hydrogen-bond acceptors (Lipinski definition) is 5. The monoisotopic (exact) mass is 261 g/mol. The molecule has 0 saturated heterocycles. The SMILES string of the molecule is CCOC(=O)/C=C(\C)N[C@@H](CCSC)C(=O)O. The van der Waals surface area contributed by atoms with Gasteiger partial charge in [0.2, 0.25) is 0 Å². The molecule has 0 heterocycles. The van der Waals surface area contributed by atoms with E-state index in [9.17, 15) is 9.59 Å². The molecule has 0 aromatic heterocycles. The second-order valence-electron chi connectivity index (χ2n) is 3.40. The Hall–Kier alpha value is -1.17. The molecule has 17 heavy (non-hydrogen) atoms. The molecule has 98 valence electrons. The lowest BCUT2D eigenvalue weighted by Gasteiger charge is -2.15. The number of carbonyl (C=O) groups excluding carboxylic acids is 1. The van der Waals surface area contributed by atoms with Crippen LogP contribution >= 0.6 is 11.8 Å². The molecule has 6 heteroatoms. The van der Waals surface area contributed by atoms with Crippen molar-refractivity contribution in [3.8, 4) is 0 Å². The van der Waals surface area contributed by atoms with E-state index >= 15 is 0 Å². The number of aliphatic carboxylic acids is 1. The van der Waals surface area contributed by atoms with Crippen LogP contribution in [0.3, 0.4) is 0 Å². The third-order valence-electron chi connectivity index (χ3n) is 1.93. The Kier molecular flexibility index (Phi) is 8.31. The quantitative estimate of drug-likeness (QED) is 0.506. The van der Waals surface area contributed by atoms with Crippen LogP contribution < -0.4 is 5.32 Å². The number of thioether (sulfide) groups is 1. The molecular weight excluding hydrogens is 242 g/mol. The number of allylic oxidation sites excluding steroid dienone is 1. The van der Waals surface area contributed by atoms with Crippen LogP contribution in [-0.4, -0.2) is 41.7 Å². The van der Waals surface area contributed by atoms with E-state index < -0.39 is 18.0 Å². The van der Waals surface area contributed by atoms with E-state index in [0.717, 1.165) is 5.75 Å². The first-order valence-corrected chi connectivity index (χ1v) is 6.74. The smallest absolute Gasteiger partial charge is 0.332 e. The zero-order valence-electron chi connectivity index (χ0n) is 10.4. The average Bonchev–Trinajstić information content (AvgIpc) is 2.23. The van der Waals surface area contributed by atoms with Gasteiger partial charge in [-0.25, -0.2) is 9.59 Å². The molecule has 2 N–H and O–H groups in total. The molecular formula is C11H19NO4S. The van der Waals surface area contributed by atoms with Gasteiger partial charge in [0, 0.05) is 11.8 Å². The van der Waals surface area contributed by atoms with Crippen molar-refractivity contribution in [3.05, 3.63) is 11.8 Å². The number of carbonyl (C=O) groups is 2. The zero-order chi connectivity index (χ0) is 13.3. The average molecular weight is 261 g/mol. The Labute approximate surface area is 106 Å². The number of carboxylic acids is 1. The second kappa shape index (κ2) is 8.92. The lowest BCUT2D eigenvalue weighted by atomic mass is 10.2. The molecule has 0 aromatic carbocycles. The van der Waals surface area contributed by atoms with Crippen molar-refractivity contribution in [3.63, 3.8) is 0 Å². The molecule has 0 bridgehead atoms. The molecule has 0 radical (unpaired) electrons. The molecule has 0 amide bonds. The Morgan fingerprint density at radius 1 is 1.53 bits per heavy atom. The van der Waals surface area contributed by atoms with E-state index in [2.05, 4.69) is 5.32 Å². The summed E-state index contributed by atoms with van der Waals surface area (Å²) in [5.74, 6) is -0.640. The highest BCUT2D eigenvalue weighted by molar-refractivity contribution is 7.98. The van der Waals surface area contributed by atoms with Gasteiger partial charge in [0.25, 0.3) is 0 Å². The summed E-state index contributed by atoms with van der Waals surface area (Å²) in [6, 6.07) is -0.673. The molecule has 1 atom stereocenters. The van der Waals surface area contributed by atoms with Crippen molar-refractivity contribution in [2.75, 3.05) is 18.6 Å². The highest BCUT2D eigenvalue weighted by Crippen LogP contribution is 2.03.